The van der Waals surface area contributed by atoms with Gasteiger partial charge in [-0.2, -0.15) is 5.10 Å². The molecule has 1 heterocycles. The van der Waals surface area contributed by atoms with Gasteiger partial charge in [0.15, 0.2) is 11.6 Å². The highest BCUT2D eigenvalue weighted by Crippen LogP contribution is 2.15. The highest BCUT2D eigenvalue weighted by atomic mass is 35.5. The van der Waals surface area contributed by atoms with Crippen LogP contribution in [0.5, 0.6) is 0 Å². The Hall–Kier alpha value is -3.33. The molecule has 0 saturated heterocycles. The summed E-state index contributed by atoms with van der Waals surface area (Å²) in [6.45, 7) is 0. The molecular weight excluding hydrogens is 392 g/mol. The van der Waals surface area contributed by atoms with Crippen LogP contribution < -0.4 is 16.1 Å². The normalized spacial score (nSPS) is 16.0. The van der Waals surface area contributed by atoms with E-state index in [9.17, 15) is 18.4 Å². The number of benzene rings is 2. The Morgan fingerprint density at radius 2 is 2.04 bits per heavy atom. The van der Waals surface area contributed by atoms with E-state index < -0.39 is 29.5 Å². The number of halogens is 3. The Morgan fingerprint density at radius 3 is 2.79 bits per heavy atom. The molecule has 10 heteroatoms. The summed E-state index contributed by atoms with van der Waals surface area (Å²) in [6, 6.07) is 9.03. The number of guanidine groups is 1. The van der Waals surface area contributed by atoms with Crippen molar-refractivity contribution in [1.82, 2.24) is 10.7 Å². The fourth-order valence-corrected chi connectivity index (χ4v) is 2.53. The van der Waals surface area contributed by atoms with E-state index in [-0.39, 0.29) is 18.1 Å². The van der Waals surface area contributed by atoms with Gasteiger partial charge in [-0.05, 0) is 18.2 Å². The van der Waals surface area contributed by atoms with Gasteiger partial charge in [0.25, 0.3) is 5.91 Å². The molecule has 0 fully saturated rings. The van der Waals surface area contributed by atoms with Crippen molar-refractivity contribution in [1.29, 1.82) is 0 Å². The maximum Gasteiger partial charge on any atom is 0.252 e. The second-order valence-electron chi connectivity index (χ2n) is 5.76. The van der Waals surface area contributed by atoms with Gasteiger partial charge < -0.3 is 5.32 Å². The van der Waals surface area contributed by atoms with Crippen molar-refractivity contribution in [3.05, 3.63) is 64.7 Å². The van der Waals surface area contributed by atoms with Crippen molar-refractivity contribution in [3.8, 4) is 0 Å². The van der Waals surface area contributed by atoms with Crippen molar-refractivity contribution in [2.24, 2.45) is 10.1 Å². The van der Waals surface area contributed by atoms with Gasteiger partial charge in [0.05, 0.1) is 12.6 Å². The van der Waals surface area contributed by atoms with Gasteiger partial charge in [0.2, 0.25) is 11.9 Å². The molecule has 0 radical (unpaired) electrons. The number of amides is 2. The average molecular weight is 406 g/mol. The number of carbonyl (C=O) groups excluding carboxylic acids is 2. The van der Waals surface area contributed by atoms with Crippen LogP contribution in [0, 0.1) is 11.6 Å². The number of hydrogen-bond acceptors (Lipinski definition) is 5. The van der Waals surface area contributed by atoms with Crippen LogP contribution in [0.15, 0.2) is 52.6 Å². The van der Waals surface area contributed by atoms with E-state index in [1.807, 2.05) is 0 Å². The summed E-state index contributed by atoms with van der Waals surface area (Å²) in [7, 11) is 0. The van der Waals surface area contributed by atoms with Gasteiger partial charge in [-0.25, -0.2) is 19.2 Å². The molecule has 0 aliphatic carbocycles. The van der Waals surface area contributed by atoms with Crippen molar-refractivity contribution >= 4 is 41.3 Å². The zero-order chi connectivity index (χ0) is 20.1. The molecule has 2 amide bonds. The quantitative estimate of drug-likeness (QED) is 0.526. The molecule has 0 saturated carbocycles. The summed E-state index contributed by atoms with van der Waals surface area (Å²) in [5, 5.41) is 9.28. The SMILES string of the molecule is O=C(C[C@@H]1N=C(N/N=C\c2ccccc2Cl)NC1=O)Nc1ccc(F)c(F)c1. The molecule has 3 N–H and O–H groups in total. The minimum Gasteiger partial charge on any atom is -0.326 e. The first kappa shape index (κ1) is 19.4. The first-order valence-corrected chi connectivity index (χ1v) is 8.47. The molecule has 28 heavy (non-hydrogen) atoms. The van der Waals surface area contributed by atoms with Crippen LogP contribution in [0.25, 0.3) is 0 Å². The highest BCUT2D eigenvalue weighted by molar-refractivity contribution is 6.33. The third-order valence-corrected chi connectivity index (χ3v) is 4.03. The highest BCUT2D eigenvalue weighted by Gasteiger charge is 2.28. The zero-order valence-corrected chi connectivity index (χ0v) is 15.0. The van der Waals surface area contributed by atoms with E-state index >= 15 is 0 Å². The Bertz CT molecular complexity index is 980. The summed E-state index contributed by atoms with van der Waals surface area (Å²) in [5.74, 6) is -3.09. The van der Waals surface area contributed by atoms with Crippen LogP contribution in [-0.4, -0.2) is 30.0 Å². The second kappa shape index (κ2) is 8.57. The maximum absolute atomic E-state index is 13.2. The van der Waals surface area contributed by atoms with E-state index in [1.54, 1.807) is 24.3 Å². The van der Waals surface area contributed by atoms with Gasteiger partial charge >= 0.3 is 0 Å². The van der Waals surface area contributed by atoms with E-state index in [0.29, 0.717) is 10.6 Å². The van der Waals surface area contributed by atoms with Crippen LogP contribution in [0.3, 0.4) is 0 Å². The van der Waals surface area contributed by atoms with Crippen molar-refractivity contribution < 1.29 is 18.4 Å². The maximum atomic E-state index is 13.2. The van der Waals surface area contributed by atoms with Crippen LogP contribution in [0.4, 0.5) is 14.5 Å². The molecule has 0 spiro atoms. The smallest absolute Gasteiger partial charge is 0.252 e. The van der Waals surface area contributed by atoms with Crippen LogP contribution >= 0.6 is 11.6 Å². The number of nitrogens with zero attached hydrogens (tertiary/aromatic N) is 2. The lowest BCUT2D eigenvalue weighted by Gasteiger charge is -2.07. The minimum absolute atomic E-state index is 0.0778. The average Bonchev–Trinajstić information content (AvgIpc) is 2.99. The molecule has 2 aromatic carbocycles. The van der Waals surface area contributed by atoms with E-state index in [0.717, 1.165) is 12.1 Å². The van der Waals surface area contributed by atoms with Crippen molar-refractivity contribution in [2.45, 2.75) is 12.5 Å². The van der Waals surface area contributed by atoms with Crippen LogP contribution in [-0.2, 0) is 9.59 Å². The van der Waals surface area contributed by atoms with Gasteiger partial charge in [0.1, 0.15) is 6.04 Å². The summed E-state index contributed by atoms with van der Waals surface area (Å²) >= 11 is 6.00. The molecular formula is C18H14ClF2N5O2. The Kier molecular flexibility index (Phi) is 5.95. The molecule has 1 atom stereocenters. The second-order valence-corrected chi connectivity index (χ2v) is 6.16. The standard InChI is InChI=1S/C18H14ClF2N5O2/c19-12-4-2-1-3-10(12)9-22-26-18-24-15(17(28)25-18)8-16(27)23-11-5-6-13(20)14(21)7-11/h1-7,9,15H,8H2,(H,23,27)(H2,24,25,26,28)/b22-9-/t15-/m0/s1. The largest absolute Gasteiger partial charge is 0.326 e. The molecule has 1 aliphatic rings. The first-order valence-electron chi connectivity index (χ1n) is 8.09. The van der Waals surface area contributed by atoms with E-state index in [1.165, 1.54) is 12.3 Å². The van der Waals surface area contributed by atoms with Crippen LogP contribution in [0.2, 0.25) is 5.02 Å². The molecule has 144 valence electrons. The molecule has 7 nitrogen and oxygen atoms in total. The lowest BCUT2D eigenvalue weighted by atomic mass is 10.2. The summed E-state index contributed by atoms with van der Waals surface area (Å²) in [4.78, 5) is 28.0. The van der Waals surface area contributed by atoms with Gasteiger partial charge in [0, 0.05) is 22.3 Å². The van der Waals surface area contributed by atoms with Crippen molar-refractivity contribution in [3.63, 3.8) is 0 Å². The number of anilines is 1. The molecule has 0 unspecified atom stereocenters. The fourth-order valence-electron chi connectivity index (χ4n) is 2.35. The number of hydrogen-bond donors (Lipinski definition) is 3. The lowest BCUT2D eigenvalue weighted by Crippen LogP contribution is -2.35. The van der Waals surface area contributed by atoms with E-state index in [2.05, 4.69) is 26.2 Å². The van der Waals surface area contributed by atoms with Gasteiger partial charge in [-0.15, -0.1) is 0 Å². The van der Waals surface area contributed by atoms with E-state index in [4.69, 9.17) is 11.6 Å². The monoisotopic (exact) mass is 405 g/mol. The Balaban J connectivity index is 1.56. The number of carbonyl (C=O) groups is 2. The molecule has 0 bridgehead atoms. The molecule has 1 aliphatic heterocycles. The number of rotatable bonds is 5. The zero-order valence-electron chi connectivity index (χ0n) is 14.2. The lowest BCUT2D eigenvalue weighted by molar-refractivity contribution is -0.123. The summed E-state index contributed by atoms with van der Waals surface area (Å²) < 4.78 is 26.1. The fraction of sp³-hybridized carbons (Fsp3) is 0.111. The summed E-state index contributed by atoms with van der Waals surface area (Å²) in [6.07, 6.45) is 1.18. The third-order valence-electron chi connectivity index (χ3n) is 3.69. The molecule has 0 aromatic heterocycles. The number of nitrogens with one attached hydrogen (secondary N) is 3. The predicted octanol–water partition coefficient (Wildman–Crippen LogP) is 2.42. The Labute approximate surface area is 163 Å². The third kappa shape index (κ3) is 4.89. The van der Waals surface area contributed by atoms with Gasteiger partial charge in [-0.1, -0.05) is 29.8 Å². The minimum atomic E-state index is -1.09. The first-order chi connectivity index (χ1) is 13.4. The van der Waals surface area contributed by atoms with Gasteiger partial charge in [-0.3, -0.25) is 14.9 Å². The van der Waals surface area contributed by atoms with Crippen LogP contribution in [0.1, 0.15) is 12.0 Å². The Morgan fingerprint density at radius 1 is 1.25 bits per heavy atom. The molecule has 2 aromatic rings. The number of hydrazone groups is 1. The topological polar surface area (TPSA) is 94.9 Å². The predicted molar refractivity (Wildman–Crippen MR) is 101 cm³/mol. The van der Waals surface area contributed by atoms with Crippen molar-refractivity contribution in [2.75, 3.05) is 5.32 Å². The summed E-state index contributed by atoms with van der Waals surface area (Å²) in [5.41, 5.74) is 3.31. The number of aliphatic imine (C=N–C) groups is 1. The molecule has 3 rings (SSSR count).